The first-order chi connectivity index (χ1) is 10.3. The Morgan fingerprint density at radius 2 is 1.50 bits per heavy atom. The van der Waals surface area contributed by atoms with Gasteiger partial charge in [-0.3, -0.25) is 0 Å². The smallest absolute Gasteiger partial charge is 0.348 e. The Labute approximate surface area is 124 Å². The lowest BCUT2D eigenvalue weighted by Gasteiger charge is -2.18. The third kappa shape index (κ3) is 3.64. The summed E-state index contributed by atoms with van der Waals surface area (Å²) in [7, 11) is 2.54. The molecule has 1 aromatic rings. The third-order valence-corrected chi connectivity index (χ3v) is 2.65. The van der Waals surface area contributed by atoms with Gasteiger partial charge >= 0.3 is 17.9 Å². The fourth-order valence-electron chi connectivity index (χ4n) is 1.61. The summed E-state index contributed by atoms with van der Waals surface area (Å²) in [5.41, 5.74) is -0.226. The van der Waals surface area contributed by atoms with Crippen LogP contribution in [0.5, 0.6) is 11.5 Å². The molecule has 0 fully saturated rings. The van der Waals surface area contributed by atoms with Crippen molar-refractivity contribution in [3.63, 3.8) is 0 Å². The van der Waals surface area contributed by atoms with Gasteiger partial charge in [-0.05, 0) is 12.1 Å². The van der Waals surface area contributed by atoms with E-state index in [0.29, 0.717) is 0 Å². The molecule has 120 valence electrons. The van der Waals surface area contributed by atoms with E-state index in [1.165, 1.54) is 32.4 Å². The zero-order valence-corrected chi connectivity index (χ0v) is 11.7. The van der Waals surface area contributed by atoms with Crippen molar-refractivity contribution in [3.05, 3.63) is 23.8 Å². The number of hydrogen-bond donors (Lipinski definition) is 3. The molecule has 0 aliphatic rings. The summed E-state index contributed by atoms with van der Waals surface area (Å²) in [5.74, 6) is -4.78. The maximum atomic E-state index is 12.1. The Morgan fingerprint density at radius 3 is 1.86 bits per heavy atom. The number of esters is 1. The molecule has 9 heteroatoms. The highest BCUT2D eigenvalue weighted by atomic mass is 16.6. The molecule has 0 amide bonds. The Kier molecular flexibility index (Phi) is 5.70. The second kappa shape index (κ2) is 7.27. The molecular weight excluding hydrogens is 300 g/mol. The van der Waals surface area contributed by atoms with E-state index in [0.717, 1.165) is 0 Å². The standard InChI is InChI=1S/C13H14O9/c1-20-6-4-3-5-7(21-2)8(6)13(19)22-10(12(17)18)9(14)11(15)16/h3-5,9-10,14H,1-2H3,(H,15,16)(H,17,18)/t9-,10-/m1/s1. The molecule has 3 N–H and O–H groups in total. The van der Waals surface area contributed by atoms with Gasteiger partial charge in [-0.1, -0.05) is 6.07 Å². The molecule has 0 bridgehead atoms. The normalized spacial score (nSPS) is 12.9. The third-order valence-electron chi connectivity index (χ3n) is 2.65. The number of rotatable bonds is 7. The Balaban J connectivity index is 3.15. The molecule has 22 heavy (non-hydrogen) atoms. The van der Waals surface area contributed by atoms with Gasteiger partial charge in [0.05, 0.1) is 14.2 Å². The quantitative estimate of drug-likeness (QED) is 0.581. The minimum Gasteiger partial charge on any atom is -0.496 e. The van der Waals surface area contributed by atoms with Gasteiger partial charge < -0.3 is 29.5 Å². The number of hydrogen-bond acceptors (Lipinski definition) is 7. The van der Waals surface area contributed by atoms with Gasteiger partial charge in [0.25, 0.3) is 0 Å². The van der Waals surface area contributed by atoms with Crippen molar-refractivity contribution < 1.29 is 43.9 Å². The van der Waals surface area contributed by atoms with E-state index in [9.17, 15) is 19.5 Å². The molecule has 0 unspecified atom stereocenters. The molecule has 9 nitrogen and oxygen atoms in total. The second-order valence-corrected chi connectivity index (χ2v) is 3.98. The number of carbonyl (C=O) groups is 3. The predicted octanol–water partition coefficient (Wildman–Crippen LogP) is -0.241. The Morgan fingerprint density at radius 1 is 1.00 bits per heavy atom. The van der Waals surface area contributed by atoms with Crippen LogP contribution in [-0.4, -0.2) is 59.7 Å². The van der Waals surface area contributed by atoms with Gasteiger partial charge in [0, 0.05) is 0 Å². The number of benzene rings is 1. The molecule has 0 heterocycles. The number of aliphatic hydroxyl groups excluding tert-OH is 1. The predicted molar refractivity (Wildman–Crippen MR) is 70.0 cm³/mol. The maximum Gasteiger partial charge on any atom is 0.348 e. The lowest BCUT2D eigenvalue weighted by atomic mass is 10.1. The topological polar surface area (TPSA) is 140 Å². The SMILES string of the molecule is COc1cccc(OC)c1C(=O)O[C@@H](C(=O)O)[C@@H](O)C(=O)O. The van der Waals surface area contributed by atoms with Crippen molar-refractivity contribution >= 4 is 17.9 Å². The zero-order valence-electron chi connectivity index (χ0n) is 11.7. The van der Waals surface area contributed by atoms with E-state index in [2.05, 4.69) is 4.74 Å². The largest absolute Gasteiger partial charge is 0.496 e. The number of aliphatic carboxylic acids is 2. The first kappa shape index (κ1) is 17.2. The van der Waals surface area contributed by atoms with Crippen LogP contribution in [-0.2, 0) is 14.3 Å². The molecule has 0 spiro atoms. The summed E-state index contributed by atoms with van der Waals surface area (Å²) in [6.45, 7) is 0. The molecule has 0 saturated carbocycles. The maximum absolute atomic E-state index is 12.1. The van der Waals surface area contributed by atoms with Crippen molar-refractivity contribution in [1.82, 2.24) is 0 Å². The minimum absolute atomic E-state index is 0.0401. The van der Waals surface area contributed by atoms with Crippen molar-refractivity contribution in [3.8, 4) is 11.5 Å². The van der Waals surface area contributed by atoms with Crippen LogP contribution in [0.2, 0.25) is 0 Å². The minimum atomic E-state index is -2.41. The molecule has 0 aliphatic heterocycles. The highest BCUT2D eigenvalue weighted by Crippen LogP contribution is 2.29. The van der Waals surface area contributed by atoms with Crippen LogP contribution in [0.1, 0.15) is 10.4 Å². The highest BCUT2D eigenvalue weighted by molar-refractivity contribution is 5.97. The fraction of sp³-hybridized carbons (Fsp3) is 0.308. The number of carboxylic acids is 2. The molecular formula is C13H14O9. The first-order valence-electron chi connectivity index (χ1n) is 5.89. The van der Waals surface area contributed by atoms with Crippen LogP contribution < -0.4 is 9.47 Å². The van der Waals surface area contributed by atoms with Crippen LogP contribution in [0.25, 0.3) is 0 Å². The number of carbonyl (C=O) groups excluding carboxylic acids is 1. The van der Waals surface area contributed by atoms with Crippen molar-refractivity contribution in [1.29, 1.82) is 0 Å². The second-order valence-electron chi connectivity index (χ2n) is 3.98. The number of carboxylic acid groups (broad SMARTS) is 2. The summed E-state index contributed by atoms with van der Waals surface area (Å²) in [6, 6.07) is 4.33. The van der Waals surface area contributed by atoms with Crippen molar-refractivity contribution in [2.45, 2.75) is 12.2 Å². The summed E-state index contributed by atoms with van der Waals surface area (Å²) in [6.07, 6.45) is -4.69. The van der Waals surface area contributed by atoms with Crippen LogP contribution >= 0.6 is 0 Å². The van der Waals surface area contributed by atoms with Crippen LogP contribution in [0.3, 0.4) is 0 Å². The molecule has 0 radical (unpaired) electrons. The summed E-state index contributed by atoms with van der Waals surface area (Å²) in [4.78, 5) is 33.7. The van der Waals surface area contributed by atoms with E-state index >= 15 is 0 Å². The number of aliphatic hydroxyl groups is 1. The number of ether oxygens (including phenoxy) is 3. The van der Waals surface area contributed by atoms with Gasteiger partial charge in [0.2, 0.25) is 6.10 Å². The molecule has 0 aromatic heterocycles. The van der Waals surface area contributed by atoms with Crippen LogP contribution in [0, 0.1) is 0 Å². The molecule has 0 saturated heterocycles. The Bertz CT molecular complexity index is 559. The highest BCUT2D eigenvalue weighted by Gasteiger charge is 2.37. The number of methoxy groups -OCH3 is 2. The van der Waals surface area contributed by atoms with E-state index in [1.54, 1.807) is 0 Å². The molecule has 1 rings (SSSR count). The first-order valence-corrected chi connectivity index (χ1v) is 5.89. The van der Waals surface area contributed by atoms with Gasteiger partial charge in [-0.2, -0.15) is 0 Å². The zero-order chi connectivity index (χ0) is 16.9. The monoisotopic (exact) mass is 314 g/mol. The summed E-state index contributed by atoms with van der Waals surface area (Å²) >= 11 is 0. The Hall–Kier alpha value is -2.81. The van der Waals surface area contributed by atoms with Crippen molar-refractivity contribution in [2.24, 2.45) is 0 Å². The molecule has 0 aliphatic carbocycles. The molecule has 2 atom stereocenters. The van der Waals surface area contributed by atoms with E-state index in [4.69, 9.17) is 19.7 Å². The summed E-state index contributed by atoms with van der Waals surface area (Å²) < 4.78 is 14.5. The fourth-order valence-corrected chi connectivity index (χ4v) is 1.61. The van der Waals surface area contributed by atoms with Crippen molar-refractivity contribution in [2.75, 3.05) is 14.2 Å². The van der Waals surface area contributed by atoms with Gasteiger partial charge in [0.15, 0.2) is 6.10 Å². The van der Waals surface area contributed by atoms with Gasteiger partial charge in [0.1, 0.15) is 17.1 Å². The van der Waals surface area contributed by atoms with Crippen LogP contribution in [0.4, 0.5) is 0 Å². The van der Waals surface area contributed by atoms with E-state index < -0.39 is 30.1 Å². The molecule has 1 aromatic carbocycles. The van der Waals surface area contributed by atoms with Gasteiger partial charge in [-0.15, -0.1) is 0 Å². The summed E-state index contributed by atoms with van der Waals surface area (Å²) in [5, 5.41) is 26.8. The average molecular weight is 314 g/mol. The average Bonchev–Trinajstić information content (AvgIpc) is 2.50. The lowest BCUT2D eigenvalue weighted by molar-refractivity contribution is -0.166. The van der Waals surface area contributed by atoms with E-state index in [-0.39, 0.29) is 17.1 Å². The van der Waals surface area contributed by atoms with E-state index in [1.807, 2.05) is 0 Å². The lowest BCUT2D eigenvalue weighted by Crippen LogP contribution is -2.43. The van der Waals surface area contributed by atoms with Gasteiger partial charge in [-0.25, -0.2) is 14.4 Å². The van der Waals surface area contributed by atoms with Crippen LogP contribution in [0.15, 0.2) is 18.2 Å².